The number of aliphatic carboxylic acids is 1. The third-order valence-electron chi connectivity index (χ3n) is 9.80. The molecule has 0 amide bonds. The highest BCUT2D eigenvalue weighted by Crippen LogP contribution is 2.43. The van der Waals surface area contributed by atoms with Crippen molar-refractivity contribution in [3.8, 4) is 0 Å². The van der Waals surface area contributed by atoms with E-state index < -0.39 is 11.4 Å². The quantitative estimate of drug-likeness (QED) is 0.0825. The standard InChI is InChI=1S/C38H76O2/c1-6-9-11-13-21-25-28-32-36(38(8-3,37(39)40)34-30-12-10-7-2)33-29-26-23-20-18-16-14-15-17-19-22-24-27-31-35(4)5/h35-36H,6-34H2,1-5H3,(H,39,40). The molecule has 0 aliphatic heterocycles. The Bertz CT molecular complexity index is 528. The Balaban J connectivity index is 4.36. The zero-order valence-electron chi connectivity index (χ0n) is 28.5. The molecule has 0 bridgehead atoms. The Morgan fingerprint density at radius 1 is 0.500 bits per heavy atom. The molecule has 2 heteroatoms. The van der Waals surface area contributed by atoms with Gasteiger partial charge in [0.25, 0.3) is 0 Å². The van der Waals surface area contributed by atoms with Crippen LogP contribution in [0.2, 0.25) is 0 Å². The van der Waals surface area contributed by atoms with Crippen LogP contribution in [0.1, 0.15) is 221 Å². The van der Waals surface area contributed by atoms with Gasteiger partial charge in [0.2, 0.25) is 0 Å². The second-order valence-corrected chi connectivity index (χ2v) is 13.8. The molecule has 0 spiro atoms. The molecule has 0 aromatic heterocycles. The van der Waals surface area contributed by atoms with E-state index in [0.29, 0.717) is 5.92 Å². The van der Waals surface area contributed by atoms with E-state index in [9.17, 15) is 9.90 Å². The molecule has 0 heterocycles. The third kappa shape index (κ3) is 21.2. The van der Waals surface area contributed by atoms with E-state index >= 15 is 0 Å². The summed E-state index contributed by atoms with van der Waals surface area (Å²) in [6.07, 6.45) is 37.3. The first kappa shape index (κ1) is 39.5. The van der Waals surface area contributed by atoms with Crippen LogP contribution in [0.4, 0.5) is 0 Å². The second-order valence-electron chi connectivity index (χ2n) is 13.8. The molecule has 0 aromatic carbocycles. The molecule has 40 heavy (non-hydrogen) atoms. The predicted octanol–water partition coefficient (Wildman–Crippen LogP) is 13.7. The van der Waals surface area contributed by atoms with Crippen LogP contribution in [0.25, 0.3) is 0 Å². The first-order chi connectivity index (χ1) is 19.4. The molecule has 240 valence electrons. The first-order valence-corrected chi connectivity index (χ1v) is 18.7. The Morgan fingerprint density at radius 2 is 0.825 bits per heavy atom. The number of hydrogen-bond acceptors (Lipinski definition) is 1. The monoisotopic (exact) mass is 565 g/mol. The molecule has 0 aliphatic carbocycles. The van der Waals surface area contributed by atoms with Gasteiger partial charge in [-0.15, -0.1) is 0 Å². The summed E-state index contributed by atoms with van der Waals surface area (Å²) >= 11 is 0. The van der Waals surface area contributed by atoms with E-state index in [1.165, 1.54) is 154 Å². The molecular formula is C38H76O2. The minimum atomic E-state index is -0.505. The van der Waals surface area contributed by atoms with Gasteiger partial charge in [-0.3, -0.25) is 4.79 Å². The molecule has 0 aromatic rings. The lowest BCUT2D eigenvalue weighted by molar-refractivity contribution is -0.154. The van der Waals surface area contributed by atoms with Gasteiger partial charge in [0, 0.05) is 0 Å². The van der Waals surface area contributed by atoms with Crippen molar-refractivity contribution in [1.29, 1.82) is 0 Å². The van der Waals surface area contributed by atoms with Gasteiger partial charge < -0.3 is 5.11 Å². The Kier molecular flexibility index (Phi) is 28.2. The molecule has 1 N–H and O–H groups in total. The normalized spacial score (nSPS) is 14.1. The predicted molar refractivity (Wildman–Crippen MR) is 179 cm³/mol. The van der Waals surface area contributed by atoms with Gasteiger partial charge in [-0.05, 0) is 37.5 Å². The summed E-state index contributed by atoms with van der Waals surface area (Å²) in [6.45, 7) is 11.3. The maximum atomic E-state index is 12.7. The number of carboxylic acids is 1. The van der Waals surface area contributed by atoms with Crippen molar-refractivity contribution in [3.63, 3.8) is 0 Å². The van der Waals surface area contributed by atoms with Crippen LogP contribution in [0.5, 0.6) is 0 Å². The van der Waals surface area contributed by atoms with Crippen LogP contribution in [-0.4, -0.2) is 11.1 Å². The van der Waals surface area contributed by atoms with Crippen molar-refractivity contribution in [2.45, 2.75) is 221 Å². The minimum Gasteiger partial charge on any atom is -0.481 e. The maximum absolute atomic E-state index is 12.7. The Labute approximate surface area is 253 Å². The van der Waals surface area contributed by atoms with E-state index in [1.54, 1.807) is 0 Å². The highest BCUT2D eigenvalue weighted by Gasteiger charge is 2.42. The average molecular weight is 565 g/mol. The zero-order valence-corrected chi connectivity index (χ0v) is 28.5. The van der Waals surface area contributed by atoms with Crippen molar-refractivity contribution in [1.82, 2.24) is 0 Å². The Hall–Kier alpha value is -0.530. The van der Waals surface area contributed by atoms with Gasteiger partial charge in [0.15, 0.2) is 0 Å². The van der Waals surface area contributed by atoms with Gasteiger partial charge in [-0.2, -0.15) is 0 Å². The van der Waals surface area contributed by atoms with Crippen LogP contribution in [0, 0.1) is 17.3 Å². The maximum Gasteiger partial charge on any atom is 0.309 e. The molecule has 0 rings (SSSR count). The molecule has 2 unspecified atom stereocenters. The lowest BCUT2D eigenvalue weighted by Crippen LogP contribution is -2.38. The SMILES string of the molecule is CCCCCCCCCC(CCCCCCCCCCCCCCCC(C)C)C(CC)(CCCCCC)C(=O)O. The average Bonchev–Trinajstić information content (AvgIpc) is 2.93. The number of unbranched alkanes of at least 4 members (excludes halogenated alkanes) is 21. The lowest BCUT2D eigenvalue weighted by Gasteiger charge is -2.37. The van der Waals surface area contributed by atoms with E-state index in [2.05, 4.69) is 34.6 Å². The zero-order chi connectivity index (χ0) is 29.7. The van der Waals surface area contributed by atoms with E-state index in [4.69, 9.17) is 0 Å². The highest BCUT2D eigenvalue weighted by atomic mass is 16.4. The molecular weight excluding hydrogens is 488 g/mol. The van der Waals surface area contributed by atoms with Crippen LogP contribution in [-0.2, 0) is 4.79 Å². The summed E-state index contributed by atoms with van der Waals surface area (Å²) in [5.74, 6) is 0.721. The molecule has 0 radical (unpaired) electrons. The summed E-state index contributed by atoms with van der Waals surface area (Å²) in [5.41, 5.74) is -0.496. The number of carbonyl (C=O) groups is 1. The van der Waals surface area contributed by atoms with Crippen LogP contribution in [0.3, 0.4) is 0 Å². The lowest BCUT2D eigenvalue weighted by atomic mass is 9.66. The third-order valence-corrected chi connectivity index (χ3v) is 9.80. The molecule has 0 fully saturated rings. The van der Waals surface area contributed by atoms with Crippen molar-refractivity contribution < 1.29 is 9.90 Å². The molecule has 0 aliphatic rings. The summed E-state index contributed by atoms with van der Waals surface area (Å²) in [7, 11) is 0. The largest absolute Gasteiger partial charge is 0.481 e. The van der Waals surface area contributed by atoms with Crippen molar-refractivity contribution >= 4 is 5.97 Å². The van der Waals surface area contributed by atoms with Crippen molar-refractivity contribution in [3.05, 3.63) is 0 Å². The molecule has 2 atom stereocenters. The second kappa shape index (κ2) is 28.6. The molecule has 0 saturated carbocycles. The molecule has 2 nitrogen and oxygen atoms in total. The summed E-state index contributed by atoms with van der Waals surface area (Å²) in [5, 5.41) is 10.5. The van der Waals surface area contributed by atoms with Gasteiger partial charge in [-0.25, -0.2) is 0 Å². The van der Waals surface area contributed by atoms with Gasteiger partial charge in [0.1, 0.15) is 0 Å². The number of hydrogen-bond donors (Lipinski definition) is 1. The minimum absolute atomic E-state index is 0.359. The van der Waals surface area contributed by atoms with Crippen molar-refractivity contribution in [2.24, 2.45) is 17.3 Å². The van der Waals surface area contributed by atoms with Gasteiger partial charge in [-0.1, -0.05) is 195 Å². The van der Waals surface area contributed by atoms with Crippen LogP contribution in [0.15, 0.2) is 0 Å². The Morgan fingerprint density at radius 3 is 1.15 bits per heavy atom. The van der Waals surface area contributed by atoms with Gasteiger partial charge >= 0.3 is 5.97 Å². The summed E-state index contributed by atoms with van der Waals surface area (Å²) in [4.78, 5) is 12.7. The van der Waals surface area contributed by atoms with Crippen molar-refractivity contribution in [2.75, 3.05) is 0 Å². The fourth-order valence-corrected chi connectivity index (χ4v) is 6.90. The summed E-state index contributed by atoms with van der Waals surface area (Å²) in [6, 6.07) is 0. The smallest absolute Gasteiger partial charge is 0.309 e. The van der Waals surface area contributed by atoms with E-state index in [1.807, 2.05) is 0 Å². The number of rotatable bonds is 32. The molecule has 0 saturated heterocycles. The van der Waals surface area contributed by atoms with E-state index in [0.717, 1.165) is 38.0 Å². The highest BCUT2D eigenvalue weighted by molar-refractivity contribution is 5.75. The fraction of sp³-hybridized carbons (Fsp3) is 0.974. The van der Waals surface area contributed by atoms with Crippen LogP contribution >= 0.6 is 0 Å². The summed E-state index contributed by atoms with van der Waals surface area (Å²) < 4.78 is 0. The fourth-order valence-electron chi connectivity index (χ4n) is 6.90. The van der Waals surface area contributed by atoms with E-state index in [-0.39, 0.29) is 0 Å². The topological polar surface area (TPSA) is 37.3 Å². The number of carboxylic acid groups (broad SMARTS) is 1. The van der Waals surface area contributed by atoms with Crippen LogP contribution < -0.4 is 0 Å². The van der Waals surface area contributed by atoms with Gasteiger partial charge in [0.05, 0.1) is 5.41 Å². The first-order valence-electron chi connectivity index (χ1n) is 18.7.